The number of halogens is 2. The molecule has 1 aromatic carbocycles. The number of benzene rings is 1. The third kappa shape index (κ3) is 5.30. The number of sulfone groups is 1. The van der Waals surface area contributed by atoms with E-state index in [0.717, 1.165) is 5.56 Å². The monoisotopic (exact) mass is 294 g/mol. The van der Waals surface area contributed by atoms with Crippen molar-refractivity contribution in [1.82, 2.24) is 5.43 Å². The third-order valence-corrected chi connectivity index (χ3v) is 3.88. The molecule has 0 aromatic heterocycles. The van der Waals surface area contributed by atoms with Crippen LogP contribution in [0.4, 0.5) is 4.39 Å². The van der Waals surface area contributed by atoms with Crippen molar-refractivity contribution in [2.75, 3.05) is 12.0 Å². The lowest BCUT2D eigenvalue weighted by Crippen LogP contribution is -2.38. The minimum Gasteiger partial charge on any atom is -0.271 e. The zero-order valence-electron chi connectivity index (χ0n) is 9.99. The second kappa shape index (κ2) is 6.47. The number of nitrogens with one attached hydrogen (secondary N) is 1. The molecule has 1 atom stereocenters. The molecule has 0 aliphatic heterocycles. The largest absolute Gasteiger partial charge is 0.271 e. The summed E-state index contributed by atoms with van der Waals surface area (Å²) in [7, 11) is -3.03. The van der Waals surface area contributed by atoms with Gasteiger partial charge in [0.15, 0.2) is 0 Å². The van der Waals surface area contributed by atoms with Gasteiger partial charge in [-0.15, -0.1) is 0 Å². The van der Waals surface area contributed by atoms with E-state index < -0.39 is 15.7 Å². The molecule has 1 aromatic rings. The summed E-state index contributed by atoms with van der Waals surface area (Å²) in [5, 5.41) is 0.314. The maximum atomic E-state index is 12.9. The van der Waals surface area contributed by atoms with E-state index in [1.54, 1.807) is 6.07 Å². The van der Waals surface area contributed by atoms with Crippen molar-refractivity contribution < 1.29 is 12.8 Å². The molecule has 0 fully saturated rings. The Balaban J connectivity index is 2.68. The van der Waals surface area contributed by atoms with Gasteiger partial charge in [-0.3, -0.25) is 11.3 Å². The van der Waals surface area contributed by atoms with E-state index in [1.807, 2.05) is 0 Å². The molecule has 1 rings (SSSR count). The van der Waals surface area contributed by atoms with Crippen LogP contribution in [0.3, 0.4) is 0 Å². The Kier molecular flexibility index (Phi) is 5.52. The van der Waals surface area contributed by atoms with Gasteiger partial charge in [-0.05, 0) is 30.5 Å². The fourth-order valence-electron chi connectivity index (χ4n) is 1.55. The van der Waals surface area contributed by atoms with Crippen molar-refractivity contribution in [3.63, 3.8) is 0 Å². The second-order valence-electron chi connectivity index (χ2n) is 4.22. The molecule has 0 aliphatic carbocycles. The van der Waals surface area contributed by atoms with Gasteiger partial charge in [0.25, 0.3) is 0 Å². The Hall–Kier alpha value is -0.690. The van der Waals surface area contributed by atoms with Crippen molar-refractivity contribution in [3.05, 3.63) is 34.6 Å². The summed E-state index contributed by atoms with van der Waals surface area (Å²) in [6.45, 7) is 0. The van der Waals surface area contributed by atoms with Crippen LogP contribution in [0.2, 0.25) is 5.02 Å². The van der Waals surface area contributed by atoms with Gasteiger partial charge in [-0.1, -0.05) is 17.7 Å². The van der Waals surface area contributed by atoms with Gasteiger partial charge in [0, 0.05) is 17.3 Å². The molecule has 0 saturated carbocycles. The van der Waals surface area contributed by atoms with Crippen molar-refractivity contribution in [2.45, 2.75) is 18.9 Å². The minimum absolute atomic E-state index is 0.0423. The van der Waals surface area contributed by atoms with Crippen molar-refractivity contribution in [2.24, 2.45) is 5.84 Å². The SMILES string of the molecule is CS(=O)(=O)CCC(Cc1ccc(F)cc1Cl)NN. The van der Waals surface area contributed by atoms with Crippen LogP contribution in [0.25, 0.3) is 0 Å². The summed E-state index contributed by atoms with van der Waals surface area (Å²) < 4.78 is 35.0. The Labute approximate surface area is 111 Å². The quantitative estimate of drug-likeness (QED) is 0.612. The Morgan fingerprint density at radius 1 is 1.50 bits per heavy atom. The standard InChI is InChI=1S/C11H16ClFN2O2S/c1-18(16,17)5-4-10(15-14)6-8-2-3-9(13)7-11(8)12/h2-3,7,10,15H,4-6,14H2,1H3. The lowest BCUT2D eigenvalue weighted by Gasteiger charge is -2.16. The summed E-state index contributed by atoms with van der Waals surface area (Å²) in [5.41, 5.74) is 3.28. The Morgan fingerprint density at radius 2 is 2.17 bits per heavy atom. The predicted molar refractivity (Wildman–Crippen MR) is 70.6 cm³/mol. The fraction of sp³-hybridized carbons (Fsp3) is 0.455. The molecule has 0 amide bonds. The van der Waals surface area contributed by atoms with Crippen LogP contribution >= 0.6 is 11.6 Å². The molecular weight excluding hydrogens is 279 g/mol. The molecule has 0 aliphatic rings. The van der Waals surface area contributed by atoms with Crippen molar-refractivity contribution in [3.8, 4) is 0 Å². The van der Waals surface area contributed by atoms with E-state index in [2.05, 4.69) is 5.43 Å². The van der Waals surface area contributed by atoms with E-state index in [1.165, 1.54) is 18.4 Å². The first-order chi connectivity index (χ1) is 8.31. The molecule has 0 spiro atoms. The molecule has 7 heteroatoms. The highest BCUT2D eigenvalue weighted by molar-refractivity contribution is 7.90. The predicted octanol–water partition coefficient (Wildman–Crippen LogP) is 1.29. The van der Waals surface area contributed by atoms with Crippen LogP contribution in [0, 0.1) is 5.82 Å². The molecule has 0 heterocycles. The zero-order chi connectivity index (χ0) is 13.8. The maximum Gasteiger partial charge on any atom is 0.147 e. The average Bonchev–Trinajstić information content (AvgIpc) is 2.25. The number of hydrazine groups is 1. The molecule has 0 saturated heterocycles. The summed E-state index contributed by atoms with van der Waals surface area (Å²) in [6, 6.07) is 3.89. The highest BCUT2D eigenvalue weighted by Crippen LogP contribution is 2.19. The van der Waals surface area contributed by atoms with E-state index in [-0.39, 0.29) is 11.8 Å². The fourth-order valence-corrected chi connectivity index (χ4v) is 2.51. The number of rotatable bonds is 6. The average molecular weight is 295 g/mol. The molecule has 3 N–H and O–H groups in total. The normalized spacial score (nSPS) is 13.6. The van der Waals surface area contributed by atoms with Crippen LogP contribution in [0.15, 0.2) is 18.2 Å². The number of nitrogens with two attached hydrogens (primary N) is 1. The van der Waals surface area contributed by atoms with E-state index >= 15 is 0 Å². The van der Waals surface area contributed by atoms with Crippen molar-refractivity contribution in [1.29, 1.82) is 0 Å². The summed E-state index contributed by atoms with van der Waals surface area (Å²) >= 11 is 5.89. The third-order valence-electron chi connectivity index (χ3n) is 2.55. The summed E-state index contributed by atoms with van der Waals surface area (Å²) in [5.74, 6) is 5.00. The molecule has 4 nitrogen and oxygen atoms in total. The van der Waals surface area contributed by atoms with Crippen molar-refractivity contribution >= 4 is 21.4 Å². The molecular formula is C11H16ClFN2O2S. The molecule has 18 heavy (non-hydrogen) atoms. The number of hydrogen-bond donors (Lipinski definition) is 2. The molecule has 102 valence electrons. The maximum absolute atomic E-state index is 12.9. The molecule has 0 bridgehead atoms. The first-order valence-corrected chi connectivity index (χ1v) is 7.83. The lowest BCUT2D eigenvalue weighted by atomic mass is 10.0. The van der Waals surface area contributed by atoms with Gasteiger partial charge in [-0.25, -0.2) is 12.8 Å². The van der Waals surface area contributed by atoms with Crippen LogP contribution in [-0.2, 0) is 16.3 Å². The van der Waals surface area contributed by atoms with Gasteiger partial charge in [-0.2, -0.15) is 0 Å². The molecule has 1 unspecified atom stereocenters. The first kappa shape index (κ1) is 15.4. The summed E-state index contributed by atoms with van der Waals surface area (Å²) in [4.78, 5) is 0. The van der Waals surface area contributed by atoms with Gasteiger partial charge in [0.1, 0.15) is 15.7 Å². The van der Waals surface area contributed by atoms with E-state index in [9.17, 15) is 12.8 Å². The minimum atomic E-state index is -3.03. The van der Waals surface area contributed by atoms with Crippen LogP contribution in [0.5, 0.6) is 0 Å². The van der Waals surface area contributed by atoms with E-state index in [4.69, 9.17) is 17.4 Å². The Bertz CT molecular complexity index is 508. The van der Waals surface area contributed by atoms with Gasteiger partial charge >= 0.3 is 0 Å². The first-order valence-electron chi connectivity index (χ1n) is 5.39. The highest BCUT2D eigenvalue weighted by atomic mass is 35.5. The van der Waals surface area contributed by atoms with Gasteiger partial charge in [0.05, 0.1) is 5.75 Å². The molecule has 0 radical (unpaired) electrons. The zero-order valence-corrected chi connectivity index (χ0v) is 11.6. The van der Waals surface area contributed by atoms with Crippen LogP contribution in [-0.4, -0.2) is 26.5 Å². The van der Waals surface area contributed by atoms with Gasteiger partial charge in [0.2, 0.25) is 0 Å². The van der Waals surface area contributed by atoms with Crippen LogP contribution < -0.4 is 11.3 Å². The van der Waals surface area contributed by atoms with Gasteiger partial charge < -0.3 is 0 Å². The lowest BCUT2D eigenvalue weighted by molar-refractivity contribution is 0.506. The smallest absolute Gasteiger partial charge is 0.147 e. The number of hydrogen-bond acceptors (Lipinski definition) is 4. The van der Waals surface area contributed by atoms with E-state index in [0.29, 0.717) is 17.9 Å². The Morgan fingerprint density at radius 3 is 2.67 bits per heavy atom. The highest BCUT2D eigenvalue weighted by Gasteiger charge is 2.13. The second-order valence-corrected chi connectivity index (χ2v) is 6.89. The summed E-state index contributed by atoms with van der Waals surface area (Å²) in [6.07, 6.45) is 2.00. The topological polar surface area (TPSA) is 72.2 Å². The van der Waals surface area contributed by atoms with Crippen LogP contribution in [0.1, 0.15) is 12.0 Å².